The maximum absolute atomic E-state index is 5.33. The lowest BCUT2D eigenvalue weighted by Crippen LogP contribution is -2.10. The van der Waals surface area contributed by atoms with E-state index in [9.17, 15) is 0 Å². The summed E-state index contributed by atoms with van der Waals surface area (Å²) >= 11 is 0. The van der Waals surface area contributed by atoms with Crippen LogP contribution in [0.2, 0.25) is 0 Å². The molecule has 8 heteroatoms. The molecule has 0 unspecified atom stereocenters. The standard InChI is InChI=1S/C19H22N6O2/c1-26-16-4-3-14(11-17(16)27-2)7-10-21-18-13-23-25-19(24-18)22-12-15-5-8-20-9-6-15/h3-6,8-9,11,13H,7,10,12H2,1-2H3,(H2,21,22,24,25). The minimum absolute atomic E-state index is 0.475. The molecule has 0 aliphatic carbocycles. The Morgan fingerprint density at radius 1 is 0.926 bits per heavy atom. The number of nitrogens with one attached hydrogen (secondary N) is 2. The number of hydrogen-bond donors (Lipinski definition) is 2. The van der Waals surface area contributed by atoms with Gasteiger partial charge in [0.05, 0.1) is 20.4 Å². The summed E-state index contributed by atoms with van der Waals surface area (Å²) in [5.74, 6) is 2.59. The van der Waals surface area contributed by atoms with E-state index in [0.29, 0.717) is 24.9 Å². The summed E-state index contributed by atoms with van der Waals surface area (Å²) in [5.41, 5.74) is 2.23. The zero-order valence-electron chi connectivity index (χ0n) is 15.3. The van der Waals surface area contributed by atoms with E-state index >= 15 is 0 Å². The molecule has 2 aromatic heterocycles. The lowest BCUT2D eigenvalue weighted by atomic mass is 10.1. The van der Waals surface area contributed by atoms with Gasteiger partial charge in [-0.25, -0.2) is 0 Å². The van der Waals surface area contributed by atoms with Crippen molar-refractivity contribution in [2.24, 2.45) is 0 Å². The number of benzene rings is 1. The third-order valence-corrected chi connectivity index (χ3v) is 3.93. The molecule has 27 heavy (non-hydrogen) atoms. The Bertz CT molecular complexity index is 860. The first kappa shape index (κ1) is 18.4. The fourth-order valence-electron chi connectivity index (χ4n) is 2.52. The largest absolute Gasteiger partial charge is 0.493 e. The van der Waals surface area contributed by atoms with Gasteiger partial charge in [-0.15, -0.1) is 5.10 Å². The Morgan fingerprint density at radius 3 is 2.52 bits per heavy atom. The molecule has 2 heterocycles. The average molecular weight is 366 g/mol. The van der Waals surface area contributed by atoms with E-state index < -0.39 is 0 Å². The number of pyridine rings is 1. The van der Waals surface area contributed by atoms with Gasteiger partial charge in [-0.2, -0.15) is 10.1 Å². The molecule has 0 atom stereocenters. The molecule has 8 nitrogen and oxygen atoms in total. The minimum Gasteiger partial charge on any atom is -0.493 e. The molecule has 2 N–H and O–H groups in total. The second-order valence-corrected chi connectivity index (χ2v) is 5.74. The third-order valence-electron chi connectivity index (χ3n) is 3.93. The SMILES string of the molecule is COc1ccc(CCNc2cnnc(NCc3ccncc3)n2)cc1OC. The van der Waals surface area contributed by atoms with Crippen LogP contribution in [0.15, 0.2) is 48.9 Å². The zero-order chi connectivity index (χ0) is 18.9. The fraction of sp³-hybridized carbons (Fsp3) is 0.263. The van der Waals surface area contributed by atoms with Crippen LogP contribution in [0.1, 0.15) is 11.1 Å². The predicted octanol–water partition coefficient (Wildman–Crippen LogP) is 2.55. The summed E-state index contributed by atoms with van der Waals surface area (Å²) in [5, 5.41) is 14.4. The summed E-state index contributed by atoms with van der Waals surface area (Å²) in [4.78, 5) is 8.42. The molecule has 0 radical (unpaired) electrons. The summed E-state index contributed by atoms with van der Waals surface area (Å²) < 4.78 is 10.6. The molecule has 0 aliphatic heterocycles. The van der Waals surface area contributed by atoms with Crippen LogP contribution in [0.25, 0.3) is 0 Å². The van der Waals surface area contributed by atoms with Crippen LogP contribution in [-0.2, 0) is 13.0 Å². The van der Waals surface area contributed by atoms with Crippen molar-refractivity contribution in [2.75, 3.05) is 31.4 Å². The van der Waals surface area contributed by atoms with Crippen LogP contribution >= 0.6 is 0 Å². The van der Waals surface area contributed by atoms with E-state index in [1.165, 1.54) is 0 Å². The maximum atomic E-state index is 5.33. The number of rotatable bonds is 9. The second-order valence-electron chi connectivity index (χ2n) is 5.74. The highest BCUT2D eigenvalue weighted by Gasteiger charge is 2.05. The van der Waals surface area contributed by atoms with Gasteiger partial charge in [0, 0.05) is 25.5 Å². The topological polar surface area (TPSA) is 94.1 Å². The van der Waals surface area contributed by atoms with E-state index in [2.05, 4.69) is 30.8 Å². The summed E-state index contributed by atoms with van der Waals surface area (Å²) in [6, 6.07) is 9.77. The van der Waals surface area contributed by atoms with Gasteiger partial charge < -0.3 is 20.1 Å². The van der Waals surface area contributed by atoms with Crippen LogP contribution in [-0.4, -0.2) is 40.9 Å². The van der Waals surface area contributed by atoms with Crippen molar-refractivity contribution < 1.29 is 9.47 Å². The first-order valence-electron chi connectivity index (χ1n) is 8.56. The average Bonchev–Trinajstić information content (AvgIpc) is 2.73. The minimum atomic E-state index is 0.475. The quantitative estimate of drug-likeness (QED) is 0.597. The second kappa shape index (κ2) is 9.33. The fourth-order valence-corrected chi connectivity index (χ4v) is 2.52. The van der Waals surface area contributed by atoms with Gasteiger partial charge in [0.1, 0.15) is 0 Å². The van der Waals surface area contributed by atoms with Gasteiger partial charge in [0.25, 0.3) is 0 Å². The number of ether oxygens (including phenoxy) is 2. The lowest BCUT2D eigenvalue weighted by Gasteiger charge is -2.10. The highest BCUT2D eigenvalue weighted by Crippen LogP contribution is 2.27. The van der Waals surface area contributed by atoms with Gasteiger partial charge in [-0.1, -0.05) is 6.07 Å². The van der Waals surface area contributed by atoms with Crippen molar-refractivity contribution in [1.29, 1.82) is 0 Å². The number of hydrogen-bond acceptors (Lipinski definition) is 8. The molecule has 3 aromatic rings. The van der Waals surface area contributed by atoms with Crippen molar-refractivity contribution in [3.63, 3.8) is 0 Å². The predicted molar refractivity (Wildman–Crippen MR) is 103 cm³/mol. The Kier molecular flexibility index (Phi) is 6.35. The molecule has 0 saturated heterocycles. The third kappa shape index (κ3) is 5.27. The van der Waals surface area contributed by atoms with Crippen molar-refractivity contribution in [3.05, 3.63) is 60.0 Å². The van der Waals surface area contributed by atoms with Crippen LogP contribution in [0, 0.1) is 0 Å². The molecule has 0 saturated carbocycles. The van der Waals surface area contributed by atoms with Crippen LogP contribution in [0.4, 0.5) is 11.8 Å². The van der Waals surface area contributed by atoms with Gasteiger partial charge in [0.15, 0.2) is 17.3 Å². The Labute approximate surface area is 158 Å². The zero-order valence-corrected chi connectivity index (χ0v) is 15.3. The first-order valence-corrected chi connectivity index (χ1v) is 8.56. The monoisotopic (exact) mass is 366 g/mol. The van der Waals surface area contributed by atoms with Gasteiger partial charge >= 0.3 is 0 Å². The van der Waals surface area contributed by atoms with Gasteiger partial charge in [-0.3, -0.25) is 4.98 Å². The van der Waals surface area contributed by atoms with E-state index in [-0.39, 0.29) is 0 Å². The van der Waals surface area contributed by atoms with Crippen molar-refractivity contribution in [2.45, 2.75) is 13.0 Å². The lowest BCUT2D eigenvalue weighted by molar-refractivity contribution is 0.354. The number of methoxy groups -OCH3 is 2. The first-order chi connectivity index (χ1) is 13.3. The van der Waals surface area contributed by atoms with E-state index in [1.807, 2.05) is 30.3 Å². The van der Waals surface area contributed by atoms with Crippen molar-refractivity contribution in [1.82, 2.24) is 20.2 Å². The Hall–Kier alpha value is -3.42. The van der Waals surface area contributed by atoms with E-state index in [0.717, 1.165) is 29.0 Å². The highest BCUT2D eigenvalue weighted by atomic mass is 16.5. The van der Waals surface area contributed by atoms with Crippen molar-refractivity contribution >= 4 is 11.8 Å². The molecule has 0 fully saturated rings. The molecule has 3 rings (SSSR count). The molecule has 140 valence electrons. The summed E-state index contributed by atoms with van der Waals surface area (Å²) in [7, 11) is 3.26. The Morgan fingerprint density at radius 2 is 1.74 bits per heavy atom. The van der Waals surface area contributed by atoms with Gasteiger partial charge in [-0.05, 0) is 41.8 Å². The summed E-state index contributed by atoms with van der Waals surface area (Å²) in [6.07, 6.45) is 5.92. The molecule has 0 spiro atoms. The molecule has 0 amide bonds. The smallest absolute Gasteiger partial charge is 0.244 e. The van der Waals surface area contributed by atoms with Gasteiger partial charge in [0.2, 0.25) is 5.95 Å². The summed E-state index contributed by atoms with van der Waals surface area (Å²) in [6.45, 7) is 1.32. The highest BCUT2D eigenvalue weighted by molar-refractivity contribution is 5.43. The van der Waals surface area contributed by atoms with Crippen LogP contribution < -0.4 is 20.1 Å². The number of aromatic nitrogens is 4. The Balaban J connectivity index is 1.52. The molecular weight excluding hydrogens is 344 g/mol. The maximum Gasteiger partial charge on any atom is 0.244 e. The van der Waals surface area contributed by atoms with Crippen LogP contribution in [0.3, 0.4) is 0 Å². The molecule has 0 aliphatic rings. The van der Waals surface area contributed by atoms with E-state index in [4.69, 9.17) is 9.47 Å². The number of nitrogens with zero attached hydrogens (tertiary/aromatic N) is 4. The van der Waals surface area contributed by atoms with Crippen LogP contribution in [0.5, 0.6) is 11.5 Å². The number of anilines is 2. The molecular formula is C19H22N6O2. The van der Waals surface area contributed by atoms with Crippen molar-refractivity contribution in [3.8, 4) is 11.5 Å². The molecule has 0 bridgehead atoms. The normalized spacial score (nSPS) is 10.3. The molecule has 1 aromatic carbocycles. The van der Waals surface area contributed by atoms with E-state index in [1.54, 1.807) is 32.8 Å².